The maximum atomic E-state index is 11.5. The summed E-state index contributed by atoms with van der Waals surface area (Å²) in [6, 6.07) is 9.77. The molecule has 0 aliphatic heterocycles. The summed E-state index contributed by atoms with van der Waals surface area (Å²) in [5.41, 5.74) is 0.556. The number of hydrogen-bond donors (Lipinski definition) is 1. The molecule has 0 saturated heterocycles. The monoisotopic (exact) mass is 236 g/mol. The van der Waals surface area contributed by atoms with E-state index in [1.165, 1.54) is 0 Å². The summed E-state index contributed by atoms with van der Waals surface area (Å²) in [5.74, 6) is -0.548. The van der Waals surface area contributed by atoms with E-state index in [2.05, 4.69) is 0 Å². The van der Waals surface area contributed by atoms with Gasteiger partial charge in [-0.2, -0.15) is 0 Å². The van der Waals surface area contributed by atoms with E-state index in [-0.39, 0.29) is 0 Å². The molecule has 0 saturated carbocycles. The minimum atomic E-state index is -1.05. The first-order valence-electron chi connectivity index (χ1n) is 5.83. The van der Waals surface area contributed by atoms with Crippen LogP contribution < -0.4 is 0 Å². The number of aliphatic hydroxyl groups is 1. The highest BCUT2D eigenvalue weighted by Crippen LogP contribution is 2.11. The molecule has 0 radical (unpaired) electrons. The fraction of sp³-hybridized carbons (Fsp3) is 0.500. The zero-order valence-electron chi connectivity index (χ0n) is 10.6. The first kappa shape index (κ1) is 13.7. The molecule has 94 valence electrons. The minimum absolute atomic E-state index is 0.388. The van der Waals surface area contributed by atoms with Crippen LogP contribution in [0.1, 0.15) is 32.8 Å². The fourth-order valence-corrected chi connectivity index (χ4v) is 1.44. The van der Waals surface area contributed by atoms with Gasteiger partial charge in [-0.1, -0.05) is 30.3 Å². The molecule has 0 aliphatic carbocycles. The van der Waals surface area contributed by atoms with Gasteiger partial charge in [-0.05, 0) is 39.2 Å². The Balaban J connectivity index is 2.40. The number of aryl methyl sites for hydroxylation is 1. The molecule has 1 rings (SSSR count). The molecule has 0 aromatic heterocycles. The molecular weight excluding hydrogens is 216 g/mol. The van der Waals surface area contributed by atoms with Gasteiger partial charge in [-0.15, -0.1) is 0 Å². The normalized spacial score (nSPS) is 13.2. The van der Waals surface area contributed by atoms with Crippen molar-refractivity contribution in [2.75, 3.05) is 0 Å². The average molecular weight is 236 g/mol. The third-order valence-electron chi connectivity index (χ3n) is 2.23. The van der Waals surface area contributed by atoms with E-state index in [9.17, 15) is 9.90 Å². The highest BCUT2D eigenvalue weighted by Gasteiger charge is 2.22. The Kier molecular flexibility index (Phi) is 4.70. The summed E-state index contributed by atoms with van der Waals surface area (Å²) in [5, 5.41) is 9.67. The quantitative estimate of drug-likeness (QED) is 0.816. The van der Waals surface area contributed by atoms with Crippen molar-refractivity contribution in [1.29, 1.82) is 0 Å². The van der Waals surface area contributed by atoms with Crippen molar-refractivity contribution >= 4 is 5.97 Å². The Morgan fingerprint density at radius 1 is 1.29 bits per heavy atom. The first-order valence-corrected chi connectivity index (χ1v) is 5.83. The van der Waals surface area contributed by atoms with Gasteiger partial charge in [0, 0.05) is 0 Å². The van der Waals surface area contributed by atoms with E-state index in [1.807, 2.05) is 30.3 Å². The van der Waals surface area contributed by atoms with Crippen LogP contribution in [-0.4, -0.2) is 22.8 Å². The molecule has 1 atom stereocenters. The van der Waals surface area contributed by atoms with Crippen LogP contribution in [0, 0.1) is 0 Å². The topological polar surface area (TPSA) is 46.5 Å². The second-order valence-electron chi connectivity index (χ2n) is 5.07. The van der Waals surface area contributed by atoms with Gasteiger partial charge in [-0.25, -0.2) is 4.79 Å². The van der Waals surface area contributed by atoms with Gasteiger partial charge in [0.1, 0.15) is 5.60 Å². The molecule has 0 fully saturated rings. The maximum absolute atomic E-state index is 11.5. The maximum Gasteiger partial charge on any atom is 0.335 e. The Morgan fingerprint density at radius 3 is 2.41 bits per heavy atom. The lowest BCUT2D eigenvalue weighted by Gasteiger charge is -2.21. The van der Waals surface area contributed by atoms with Crippen LogP contribution >= 0.6 is 0 Å². The molecule has 17 heavy (non-hydrogen) atoms. The van der Waals surface area contributed by atoms with Crippen molar-refractivity contribution in [2.45, 2.75) is 45.3 Å². The third kappa shape index (κ3) is 5.50. The number of ether oxygens (including phenoxy) is 1. The molecule has 1 aromatic rings. The van der Waals surface area contributed by atoms with Crippen molar-refractivity contribution in [3.8, 4) is 0 Å². The lowest BCUT2D eigenvalue weighted by atomic mass is 10.1. The van der Waals surface area contributed by atoms with E-state index in [4.69, 9.17) is 4.74 Å². The van der Waals surface area contributed by atoms with Crippen molar-refractivity contribution in [3.63, 3.8) is 0 Å². The van der Waals surface area contributed by atoms with E-state index in [0.717, 1.165) is 5.56 Å². The number of benzene rings is 1. The summed E-state index contributed by atoms with van der Waals surface area (Å²) in [7, 11) is 0. The number of rotatable bonds is 4. The SMILES string of the molecule is CC(C)(C)OC(=O)[C@H](O)CCc1ccccc1. The second-order valence-corrected chi connectivity index (χ2v) is 5.07. The van der Waals surface area contributed by atoms with Crippen molar-refractivity contribution < 1.29 is 14.6 Å². The van der Waals surface area contributed by atoms with Crippen LogP contribution in [0.15, 0.2) is 30.3 Å². The molecule has 0 unspecified atom stereocenters. The number of hydrogen-bond acceptors (Lipinski definition) is 3. The lowest BCUT2D eigenvalue weighted by Crippen LogP contribution is -2.32. The van der Waals surface area contributed by atoms with Crippen LogP contribution in [0.2, 0.25) is 0 Å². The zero-order valence-corrected chi connectivity index (χ0v) is 10.6. The van der Waals surface area contributed by atoms with Crippen LogP contribution in [-0.2, 0) is 16.0 Å². The molecular formula is C14H20O3. The third-order valence-corrected chi connectivity index (χ3v) is 2.23. The van der Waals surface area contributed by atoms with E-state index < -0.39 is 17.7 Å². The van der Waals surface area contributed by atoms with Crippen molar-refractivity contribution in [1.82, 2.24) is 0 Å². The van der Waals surface area contributed by atoms with Gasteiger partial charge in [0.15, 0.2) is 6.10 Å². The van der Waals surface area contributed by atoms with Gasteiger partial charge in [0.25, 0.3) is 0 Å². The number of esters is 1. The minimum Gasteiger partial charge on any atom is -0.458 e. The van der Waals surface area contributed by atoms with Crippen LogP contribution in [0.25, 0.3) is 0 Å². The van der Waals surface area contributed by atoms with Gasteiger partial charge in [0.05, 0.1) is 0 Å². The zero-order chi connectivity index (χ0) is 12.9. The highest BCUT2D eigenvalue weighted by atomic mass is 16.6. The van der Waals surface area contributed by atoms with Crippen molar-refractivity contribution in [2.24, 2.45) is 0 Å². The van der Waals surface area contributed by atoms with Gasteiger partial charge >= 0.3 is 5.97 Å². The fourth-order valence-electron chi connectivity index (χ4n) is 1.44. The van der Waals surface area contributed by atoms with E-state index >= 15 is 0 Å². The molecule has 1 N–H and O–H groups in total. The lowest BCUT2D eigenvalue weighted by molar-refractivity contribution is -0.165. The largest absolute Gasteiger partial charge is 0.458 e. The Labute approximate surface area is 102 Å². The molecule has 0 heterocycles. The number of carbonyl (C=O) groups excluding carboxylic acids is 1. The summed E-state index contributed by atoms with van der Waals surface area (Å²) < 4.78 is 5.10. The second kappa shape index (κ2) is 5.82. The molecule has 3 heteroatoms. The Bertz CT molecular complexity index is 351. The molecule has 1 aromatic carbocycles. The summed E-state index contributed by atoms with van der Waals surface area (Å²) >= 11 is 0. The van der Waals surface area contributed by atoms with E-state index in [0.29, 0.717) is 12.8 Å². The van der Waals surface area contributed by atoms with Crippen LogP contribution in [0.5, 0.6) is 0 Å². The predicted molar refractivity (Wildman–Crippen MR) is 66.6 cm³/mol. The van der Waals surface area contributed by atoms with Gasteiger partial charge < -0.3 is 9.84 Å². The molecule has 0 spiro atoms. The molecule has 0 aliphatic rings. The van der Waals surface area contributed by atoms with Crippen LogP contribution in [0.3, 0.4) is 0 Å². The first-order chi connectivity index (χ1) is 7.88. The predicted octanol–water partition coefficient (Wildman–Crippen LogP) is 2.32. The summed E-state index contributed by atoms with van der Waals surface area (Å²) in [4.78, 5) is 11.5. The number of aliphatic hydroxyl groups excluding tert-OH is 1. The van der Waals surface area contributed by atoms with E-state index in [1.54, 1.807) is 20.8 Å². The summed E-state index contributed by atoms with van der Waals surface area (Å²) in [6.07, 6.45) is 0.00891. The Hall–Kier alpha value is -1.35. The van der Waals surface area contributed by atoms with Gasteiger partial charge in [-0.3, -0.25) is 0 Å². The Morgan fingerprint density at radius 2 is 1.88 bits per heavy atom. The smallest absolute Gasteiger partial charge is 0.335 e. The van der Waals surface area contributed by atoms with Crippen molar-refractivity contribution in [3.05, 3.63) is 35.9 Å². The number of carbonyl (C=O) groups is 1. The highest BCUT2D eigenvalue weighted by molar-refractivity contribution is 5.74. The van der Waals surface area contributed by atoms with Crippen LogP contribution in [0.4, 0.5) is 0 Å². The molecule has 3 nitrogen and oxygen atoms in total. The molecule has 0 bridgehead atoms. The van der Waals surface area contributed by atoms with Gasteiger partial charge in [0.2, 0.25) is 0 Å². The standard InChI is InChI=1S/C14H20O3/c1-14(2,3)17-13(16)12(15)10-9-11-7-5-4-6-8-11/h4-8,12,15H,9-10H2,1-3H3/t12-/m1/s1. The molecule has 0 amide bonds. The summed E-state index contributed by atoms with van der Waals surface area (Å²) in [6.45, 7) is 5.36. The average Bonchev–Trinajstić information content (AvgIpc) is 2.25.